The number of nitrogens with one attached hydrogen (secondary N) is 3. The van der Waals surface area contributed by atoms with E-state index in [9.17, 15) is 13.6 Å². The van der Waals surface area contributed by atoms with Gasteiger partial charge in [0.2, 0.25) is 0 Å². The lowest BCUT2D eigenvalue weighted by Gasteiger charge is -2.34. The lowest BCUT2D eigenvalue weighted by molar-refractivity contribution is -0.127. The number of carbonyl (C=O) groups is 1. The number of likely N-dealkylation sites (N-methyl/N-ethyl adjacent to an activating group) is 1. The molecule has 3 N–H and O–H groups in total. The summed E-state index contributed by atoms with van der Waals surface area (Å²) in [4.78, 5) is 16.1. The Morgan fingerprint density at radius 1 is 1.52 bits per heavy atom. The van der Waals surface area contributed by atoms with Gasteiger partial charge in [-0.3, -0.25) is 10.1 Å². The number of alkyl halides is 2. The minimum Gasteiger partial charge on any atom is -0.372 e. The summed E-state index contributed by atoms with van der Waals surface area (Å²) < 4.78 is 27.0. The van der Waals surface area contributed by atoms with E-state index in [1.807, 2.05) is 19.3 Å². The van der Waals surface area contributed by atoms with Crippen LogP contribution in [-0.4, -0.2) is 61.0 Å². The van der Waals surface area contributed by atoms with Crippen LogP contribution in [0.15, 0.2) is 59.7 Å². The first-order chi connectivity index (χ1) is 13.9. The molecule has 29 heavy (non-hydrogen) atoms. The summed E-state index contributed by atoms with van der Waals surface area (Å²) in [6, 6.07) is 0. The quantitative estimate of drug-likeness (QED) is 0.605. The maximum Gasteiger partial charge on any atom is 0.267 e. The van der Waals surface area contributed by atoms with E-state index in [4.69, 9.17) is 0 Å². The van der Waals surface area contributed by atoms with E-state index in [1.54, 1.807) is 12.2 Å². The van der Waals surface area contributed by atoms with Gasteiger partial charge in [0.25, 0.3) is 11.8 Å². The van der Waals surface area contributed by atoms with Gasteiger partial charge in [-0.25, -0.2) is 8.78 Å². The van der Waals surface area contributed by atoms with E-state index in [-0.39, 0.29) is 25.0 Å². The highest BCUT2D eigenvalue weighted by atomic mass is 19.3. The highest BCUT2D eigenvalue weighted by Crippen LogP contribution is 2.29. The van der Waals surface area contributed by atoms with Crippen molar-refractivity contribution in [1.29, 1.82) is 0 Å². The van der Waals surface area contributed by atoms with Crippen molar-refractivity contribution in [3.63, 3.8) is 0 Å². The van der Waals surface area contributed by atoms with Gasteiger partial charge in [-0.05, 0) is 37.9 Å². The van der Waals surface area contributed by atoms with E-state index >= 15 is 0 Å². The molecule has 3 rings (SSSR count). The number of halogens is 2. The second-order valence-corrected chi connectivity index (χ2v) is 7.37. The van der Waals surface area contributed by atoms with Crippen LogP contribution in [0.2, 0.25) is 0 Å². The third kappa shape index (κ3) is 4.70. The van der Waals surface area contributed by atoms with Crippen molar-refractivity contribution < 1.29 is 13.6 Å². The molecule has 3 heterocycles. The van der Waals surface area contributed by atoms with E-state index in [1.165, 1.54) is 4.90 Å². The third-order valence-electron chi connectivity index (χ3n) is 5.21. The Hall–Kier alpha value is -2.61. The van der Waals surface area contributed by atoms with Crippen LogP contribution in [0.1, 0.15) is 19.8 Å². The van der Waals surface area contributed by atoms with Gasteiger partial charge in [0, 0.05) is 42.9 Å². The number of rotatable bonds is 7. The van der Waals surface area contributed by atoms with Gasteiger partial charge in [-0.2, -0.15) is 0 Å². The van der Waals surface area contributed by atoms with Gasteiger partial charge in [0.05, 0.1) is 12.7 Å². The zero-order chi connectivity index (χ0) is 21.0. The second kappa shape index (κ2) is 8.82. The summed E-state index contributed by atoms with van der Waals surface area (Å²) in [5, 5.41) is 9.71. The van der Waals surface area contributed by atoms with Gasteiger partial charge < -0.3 is 20.4 Å². The maximum absolute atomic E-state index is 13.5. The second-order valence-electron chi connectivity index (χ2n) is 7.37. The summed E-state index contributed by atoms with van der Waals surface area (Å²) in [5.74, 6) is -2.28. The molecule has 6 nitrogen and oxygen atoms in total. The number of hydrogen-bond acceptors (Lipinski definition) is 5. The molecule has 1 unspecified atom stereocenters. The molecule has 1 amide bonds. The fourth-order valence-corrected chi connectivity index (χ4v) is 3.70. The van der Waals surface area contributed by atoms with Gasteiger partial charge in [-0.1, -0.05) is 19.6 Å². The van der Waals surface area contributed by atoms with Gasteiger partial charge in [0.1, 0.15) is 5.82 Å². The molecule has 0 aliphatic carbocycles. The summed E-state index contributed by atoms with van der Waals surface area (Å²) in [6.07, 6.45) is 10.1. The Kier molecular flexibility index (Phi) is 6.42. The molecule has 0 aromatic carbocycles. The molecule has 1 saturated heterocycles. The first-order valence-corrected chi connectivity index (χ1v) is 9.96. The average molecular weight is 405 g/mol. The van der Waals surface area contributed by atoms with E-state index in [0.29, 0.717) is 12.1 Å². The summed E-state index contributed by atoms with van der Waals surface area (Å²) in [7, 11) is 1.88. The zero-order valence-corrected chi connectivity index (χ0v) is 17.0. The maximum atomic E-state index is 13.5. The van der Waals surface area contributed by atoms with Crippen molar-refractivity contribution >= 4 is 5.91 Å². The fraction of sp³-hybridized carbons (Fsp3) is 0.476. The summed E-state index contributed by atoms with van der Waals surface area (Å²) >= 11 is 0. The molecule has 0 radical (unpaired) electrons. The van der Waals surface area contributed by atoms with Crippen LogP contribution >= 0.6 is 0 Å². The molecule has 158 valence electrons. The molecular formula is C21H29F2N5O. The predicted octanol–water partition coefficient (Wildman–Crippen LogP) is 2.04. The molecule has 0 bridgehead atoms. The van der Waals surface area contributed by atoms with Crippen molar-refractivity contribution in [2.45, 2.75) is 31.9 Å². The SMILES string of the molecule is C=CC1=C(N(CCC)C2=CC(NC)NC=C2)NCC(C(=O)N2CCC(F)(F)C2)=C1. The number of dihydropyridines is 2. The highest BCUT2D eigenvalue weighted by Gasteiger charge is 2.41. The molecular weight excluding hydrogens is 376 g/mol. The monoisotopic (exact) mass is 405 g/mol. The zero-order valence-electron chi connectivity index (χ0n) is 17.0. The number of likely N-dealkylation sites (tertiary alicyclic amines) is 1. The smallest absolute Gasteiger partial charge is 0.267 e. The van der Waals surface area contributed by atoms with Crippen LogP contribution in [0.25, 0.3) is 0 Å². The molecule has 0 saturated carbocycles. The normalized spacial score (nSPS) is 23.2. The van der Waals surface area contributed by atoms with Crippen LogP contribution < -0.4 is 16.0 Å². The fourth-order valence-electron chi connectivity index (χ4n) is 3.70. The van der Waals surface area contributed by atoms with Crippen molar-refractivity contribution in [3.05, 3.63) is 59.7 Å². The Morgan fingerprint density at radius 2 is 2.31 bits per heavy atom. The first-order valence-electron chi connectivity index (χ1n) is 9.96. The highest BCUT2D eigenvalue weighted by molar-refractivity contribution is 5.95. The third-order valence-corrected chi connectivity index (χ3v) is 5.21. The topological polar surface area (TPSA) is 59.6 Å². The molecule has 1 fully saturated rings. The summed E-state index contributed by atoms with van der Waals surface area (Å²) in [5.41, 5.74) is 2.27. The minimum atomic E-state index is -2.80. The van der Waals surface area contributed by atoms with Gasteiger partial charge >= 0.3 is 0 Å². The molecule has 3 aliphatic heterocycles. The van der Waals surface area contributed by atoms with E-state index < -0.39 is 12.5 Å². The Balaban J connectivity index is 1.87. The molecule has 1 atom stereocenters. The van der Waals surface area contributed by atoms with E-state index in [0.717, 1.165) is 30.1 Å². The molecule has 0 spiro atoms. The minimum absolute atomic E-state index is 0.0234. The lowest BCUT2D eigenvalue weighted by atomic mass is 10.0. The summed E-state index contributed by atoms with van der Waals surface area (Å²) in [6.45, 7) is 6.63. The Bertz CT molecular complexity index is 784. The number of allylic oxidation sites excluding steroid dienone is 4. The number of nitrogens with zero attached hydrogens (tertiary/aromatic N) is 2. The largest absolute Gasteiger partial charge is 0.372 e. The Morgan fingerprint density at radius 3 is 2.93 bits per heavy atom. The average Bonchev–Trinajstić information content (AvgIpc) is 3.10. The standard InChI is InChI=1S/C21H29F2N5O/c1-4-9-28(17-6-8-25-18(12-17)24-3)19-15(5-2)11-16(13-26-19)20(29)27-10-7-21(22,23)14-27/h5-6,8,11-12,18,24-26H,2,4,7,9-10,13-14H2,1,3H3. The van der Waals surface area contributed by atoms with Crippen LogP contribution in [0.4, 0.5) is 8.78 Å². The number of carbonyl (C=O) groups excluding carboxylic acids is 1. The molecule has 0 aromatic rings. The van der Waals surface area contributed by atoms with Gasteiger partial charge in [-0.15, -0.1) is 0 Å². The van der Waals surface area contributed by atoms with Crippen molar-refractivity contribution in [1.82, 2.24) is 25.8 Å². The van der Waals surface area contributed by atoms with Crippen molar-refractivity contribution in [3.8, 4) is 0 Å². The van der Waals surface area contributed by atoms with Gasteiger partial charge in [0.15, 0.2) is 0 Å². The Labute approximate surface area is 170 Å². The van der Waals surface area contributed by atoms with Crippen molar-refractivity contribution in [2.75, 3.05) is 33.2 Å². The molecule has 0 aromatic heterocycles. The first kappa shape index (κ1) is 21.1. The lowest BCUT2D eigenvalue weighted by Crippen LogP contribution is -2.42. The van der Waals surface area contributed by atoms with Crippen LogP contribution in [-0.2, 0) is 4.79 Å². The van der Waals surface area contributed by atoms with Crippen molar-refractivity contribution in [2.24, 2.45) is 0 Å². The van der Waals surface area contributed by atoms with E-state index in [2.05, 4.69) is 40.4 Å². The number of amides is 1. The molecule has 3 aliphatic rings. The van der Waals surface area contributed by atoms with Crippen LogP contribution in [0.3, 0.4) is 0 Å². The number of hydrogen-bond donors (Lipinski definition) is 3. The van der Waals surface area contributed by atoms with Crippen LogP contribution in [0, 0.1) is 0 Å². The van der Waals surface area contributed by atoms with Crippen LogP contribution in [0.5, 0.6) is 0 Å². The molecule has 8 heteroatoms. The predicted molar refractivity (Wildman–Crippen MR) is 110 cm³/mol.